The third kappa shape index (κ3) is 3.55. The molecule has 1 heterocycles. The molecule has 3 rings (SSSR count). The van der Waals surface area contributed by atoms with E-state index in [1.165, 1.54) is 49.9 Å². The largest absolute Gasteiger partial charge is 0.248 e. The Labute approximate surface area is 128 Å². The molecule has 1 aliphatic rings. The lowest BCUT2D eigenvalue weighted by molar-refractivity contribution is -0.702. The second-order valence-corrected chi connectivity index (χ2v) is 6.72. The summed E-state index contributed by atoms with van der Waals surface area (Å²) < 4.78 is 4.58. The van der Waals surface area contributed by atoms with Gasteiger partial charge < -0.3 is 0 Å². The maximum Gasteiger partial charge on any atom is 0.248 e. The monoisotopic (exact) mass is 283 g/mol. The highest BCUT2D eigenvalue weighted by molar-refractivity contribution is 5.34. The van der Waals surface area contributed by atoms with Crippen LogP contribution >= 0.6 is 0 Å². The second kappa shape index (κ2) is 6.46. The van der Waals surface area contributed by atoms with Crippen molar-refractivity contribution in [1.29, 1.82) is 0 Å². The highest BCUT2D eigenvalue weighted by atomic mass is 15.1. The van der Waals surface area contributed by atoms with Crippen LogP contribution in [0.4, 0.5) is 0 Å². The summed E-state index contributed by atoms with van der Waals surface area (Å²) in [5.41, 5.74) is 2.69. The van der Waals surface area contributed by atoms with Crippen molar-refractivity contribution in [2.45, 2.75) is 52.5 Å². The molecule has 2 atom stereocenters. The molecule has 0 aliphatic heterocycles. The Morgan fingerprint density at radius 1 is 1.19 bits per heavy atom. The fourth-order valence-corrected chi connectivity index (χ4v) is 3.57. The number of aromatic nitrogens is 2. The number of rotatable bonds is 5. The molecule has 0 bridgehead atoms. The molecule has 1 fully saturated rings. The van der Waals surface area contributed by atoms with E-state index in [4.69, 9.17) is 0 Å². The molecule has 2 heteroatoms. The van der Waals surface area contributed by atoms with E-state index in [0.29, 0.717) is 0 Å². The topological polar surface area (TPSA) is 8.81 Å². The van der Waals surface area contributed by atoms with Crippen molar-refractivity contribution in [2.75, 3.05) is 0 Å². The van der Waals surface area contributed by atoms with Crippen molar-refractivity contribution in [3.63, 3.8) is 0 Å². The Bertz CT molecular complexity index is 568. The average molecular weight is 283 g/mol. The predicted molar refractivity (Wildman–Crippen MR) is 86.5 cm³/mol. The molecular weight excluding hydrogens is 256 g/mol. The van der Waals surface area contributed by atoms with Gasteiger partial charge in [-0.3, -0.25) is 0 Å². The summed E-state index contributed by atoms with van der Waals surface area (Å²) in [6.07, 6.45) is 13.2. The minimum Gasteiger partial charge on any atom is -0.236 e. The first-order valence-electron chi connectivity index (χ1n) is 8.41. The molecule has 1 aromatic carbocycles. The zero-order valence-electron chi connectivity index (χ0n) is 13.3. The Morgan fingerprint density at radius 3 is 2.67 bits per heavy atom. The molecule has 21 heavy (non-hydrogen) atoms. The smallest absolute Gasteiger partial charge is 0.236 e. The Morgan fingerprint density at radius 2 is 2.00 bits per heavy atom. The van der Waals surface area contributed by atoms with Crippen molar-refractivity contribution in [2.24, 2.45) is 11.8 Å². The normalized spacial score (nSPS) is 21.8. The summed E-state index contributed by atoms with van der Waals surface area (Å²) in [5.74, 6) is 1.79. The number of nitrogens with zero attached hydrogens (tertiary/aromatic N) is 2. The lowest BCUT2D eigenvalue weighted by Crippen LogP contribution is -2.34. The van der Waals surface area contributed by atoms with Crippen molar-refractivity contribution < 1.29 is 4.57 Å². The summed E-state index contributed by atoms with van der Waals surface area (Å²) in [6.45, 7) is 5.78. The highest BCUT2D eigenvalue weighted by Gasteiger charge is 2.23. The van der Waals surface area contributed by atoms with Crippen molar-refractivity contribution in [3.8, 4) is 5.69 Å². The molecule has 0 saturated heterocycles. The van der Waals surface area contributed by atoms with Crippen LogP contribution in [0, 0.1) is 11.8 Å². The first-order valence-corrected chi connectivity index (χ1v) is 8.41. The summed E-state index contributed by atoms with van der Waals surface area (Å²) in [5, 5.41) is 0. The molecule has 2 aromatic rings. The summed E-state index contributed by atoms with van der Waals surface area (Å²) in [6, 6.07) is 8.96. The van der Waals surface area contributed by atoms with Crippen LogP contribution in [0.15, 0.2) is 43.0 Å². The van der Waals surface area contributed by atoms with Gasteiger partial charge in [-0.15, -0.1) is 0 Å². The molecule has 1 aliphatic carbocycles. The summed E-state index contributed by atoms with van der Waals surface area (Å²) in [7, 11) is 0. The van der Waals surface area contributed by atoms with E-state index < -0.39 is 0 Å². The fourth-order valence-electron chi connectivity index (χ4n) is 3.57. The first kappa shape index (κ1) is 14.4. The van der Waals surface area contributed by atoms with Gasteiger partial charge in [-0.05, 0) is 48.8 Å². The lowest BCUT2D eigenvalue weighted by Gasteiger charge is -2.05. The average Bonchev–Trinajstić information content (AvgIpc) is 3.10. The summed E-state index contributed by atoms with van der Waals surface area (Å²) >= 11 is 0. The Balaban J connectivity index is 1.66. The molecule has 112 valence electrons. The van der Waals surface area contributed by atoms with Gasteiger partial charge in [0.2, 0.25) is 6.33 Å². The Kier molecular flexibility index (Phi) is 4.42. The van der Waals surface area contributed by atoms with Crippen molar-refractivity contribution in [3.05, 3.63) is 48.5 Å². The lowest BCUT2D eigenvalue weighted by atomic mass is 10.1. The van der Waals surface area contributed by atoms with E-state index in [1.807, 2.05) is 0 Å². The molecule has 0 amide bonds. The SMILES string of the molecule is CCCc1ccc(-n2cc[n+](CC3CCC(C)C3)c2)cc1. The van der Waals surface area contributed by atoms with Crippen molar-refractivity contribution in [1.82, 2.24) is 4.57 Å². The van der Waals surface area contributed by atoms with Gasteiger partial charge in [0.05, 0.1) is 6.54 Å². The first-order chi connectivity index (χ1) is 10.2. The minimum atomic E-state index is 0.868. The Hall–Kier alpha value is -1.57. The van der Waals surface area contributed by atoms with Gasteiger partial charge >= 0.3 is 0 Å². The van der Waals surface area contributed by atoms with E-state index in [1.54, 1.807) is 0 Å². The van der Waals surface area contributed by atoms with Gasteiger partial charge in [0.25, 0.3) is 0 Å². The van der Waals surface area contributed by atoms with Crippen LogP contribution in [-0.2, 0) is 13.0 Å². The summed E-state index contributed by atoms with van der Waals surface area (Å²) in [4.78, 5) is 0. The predicted octanol–water partition coefficient (Wildman–Crippen LogP) is 4.15. The van der Waals surface area contributed by atoms with Crippen LogP contribution in [-0.4, -0.2) is 4.57 Å². The molecule has 2 nitrogen and oxygen atoms in total. The number of benzene rings is 1. The number of hydrogen-bond acceptors (Lipinski definition) is 0. The van der Waals surface area contributed by atoms with Gasteiger partial charge in [-0.2, -0.15) is 0 Å². The van der Waals surface area contributed by atoms with E-state index in [0.717, 1.165) is 11.8 Å². The second-order valence-electron chi connectivity index (χ2n) is 6.72. The quantitative estimate of drug-likeness (QED) is 0.729. The standard InChI is InChI=1S/C19H27N2/c1-3-4-17-7-9-19(10-8-17)21-12-11-20(15-21)14-18-6-5-16(2)13-18/h7-12,15-16,18H,3-6,13-14H2,1-2H3/q+1. The number of imidazole rings is 1. The third-order valence-corrected chi connectivity index (χ3v) is 4.74. The molecule has 0 radical (unpaired) electrons. The van der Waals surface area contributed by atoms with Crippen LogP contribution in [0.5, 0.6) is 0 Å². The van der Waals surface area contributed by atoms with E-state index >= 15 is 0 Å². The van der Waals surface area contributed by atoms with Gasteiger partial charge in [0.15, 0.2) is 0 Å². The molecule has 0 N–H and O–H groups in total. The van der Waals surface area contributed by atoms with Crippen molar-refractivity contribution >= 4 is 0 Å². The van der Waals surface area contributed by atoms with Gasteiger partial charge in [-0.25, -0.2) is 9.13 Å². The van der Waals surface area contributed by atoms with Gasteiger partial charge in [0, 0.05) is 0 Å². The fraction of sp³-hybridized carbons (Fsp3) is 0.526. The minimum absolute atomic E-state index is 0.868. The van der Waals surface area contributed by atoms with E-state index in [-0.39, 0.29) is 0 Å². The molecule has 0 spiro atoms. The molecule has 2 unspecified atom stereocenters. The maximum absolute atomic E-state index is 2.38. The van der Waals surface area contributed by atoms with Crippen LogP contribution in [0.3, 0.4) is 0 Å². The molecule has 1 aromatic heterocycles. The zero-order chi connectivity index (χ0) is 14.7. The third-order valence-electron chi connectivity index (χ3n) is 4.74. The van der Waals surface area contributed by atoms with Crippen LogP contribution in [0.25, 0.3) is 5.69 Å². The zero-order valence-corrected chi connectivity index (χ0v) is 13.3. The van der Waals surface area contributed by atoms with Crippen LogP contribution in [0.2, 0.25) is 0 Å². The van der Waals surface area contributed by atoms with Gasteiger partial charge in [0.1, 0.15) is 18.1 Å². The molecule has 1 saturated carbocycles. The van der Waals surface area contributed by atoms with Gasteiger partial charge in [-0.1, -0.05) is 38.8 Å². The van der Waals surface area contributed by atoms with E-state index in [9.17, 15) is 0 Å². The van der Waals surface area contributed by atoms with Crippen LogP contribution in [0.1, 0.15) is 45.1 Å². The maximum atomic E-state index is 2.38. The number of aryl methyl sites for hydroxylation is 1. The van der Waals surface area contributed by atoms with Crippen LogP contribution < -0.4 is 4.57 Å². The number of hydrogen-bond donors (Lipinski definition) is 0. The van der Waals surface area contributed by atoms with E-state index in [2.05, 4.69) is 66.0 Å². The molecular formula is C19H27N2+. The highest BCUT2D eigenvalue weighted by Crippen LogP contribution is 2.30.